The number of Topliss-reactive ketones (excluding diaryl/α,β-unsaturated/α-hetero) is 1. The number of hydrogen-bond acceptors (Lipinski definition) is 5. The average Bonchev–Trinajstić information content (AvgIpc) is 3.38. The van der Waals surface area contributed by atoms with Gasteiger partial charge in [-0.3, -0.25) is 14.5 Å². The van der Waals surface area contributed by atoms with E-state index < -0.39 is 17.7 Å². The number of rotatable bonds is 3. The lowest BCUT2D eigenvalue weighted by atomic mass is 9.94. The topological polar surface area (TPSA) is 76.1 Å². The summed E-state index contributed by atoms with van der Waals surface area (Å²) in [7, 11) is 0. The smallest absolute Gasteiger partial charge is 0.300 e. The molecule has 33 heavy (non-hydrogen) atoms. The van der Waals surface area contributed by atoms with Crippen LogP contribution in [0.2, 0.25) is 5.02 Å². The van der Waals surface area contributed by atoms with Crippen molar-refractivity contribution in [3.05, 3.63) is 92.4 Å². The normalized spacial score (nSPS) is 18.8. The van der Waals surface area contributed by atoms with Gasteiger partial charge in [0.1, 0.15) is 5.76 Å². The van der Waals surface area contributed by atoms with E-state index in [4.69, 9.17) is 21.1 Å². The van der Waals surface area contributed by atoms with Crippen LogP contribution in [0.5, 0.6) is 11.5 Å². The molecule has 1 amide bonds. The van der Waals surface area contributed by atoms with Gasteiger partial charge in [0.05, 0.1) is 11.6 Å². The number of aliphatic hydroxyl groups is 1. The molecular formula is C25H17BrClNO5. The van der Waals surface area contributed by atoms with E-state index in [1.165, 1.54) is 4.90 Å². The van der Waals surface area contributed by atoms with E-state index in [0.29, 0.717) is 33.3 Å². The summed E-state index contributed by atoms with van der Waals surface area (Å²) < 4.78 is 11.7. The number of halogens is 2. The summed E-state index contributed by atoms with van der Waals surface area (Å²) in [5, 5.41) is 11.6. The van der Waals surface area contributed by atoms with E-state index in [1.54, 1.807) is 54.6 Å². The number of anilines is 1. The summed E-state index contributed by atoms with van der Waals surface area (Å²) in [6.07, 6.45) is 0. The molecule has 1 N–H and O–H groups in total. The van der Waals surface area contributed by atoms with E-state index in [0.717, 1.165) is 10.0 Å². The number of ketones is 1. The van der Waals surface area contributed by atoms with Crippen LogP contribution in [0.25, 0.3) is 5.76 Å². The van der Waals surface area contributed by atoms with E-state index in [2.05, 4.69) is 15.9 Å². The average molecular weight is 527 g/mol. The molecule has 1 saturated heterocycles. The molecule has 6 nitrogen and oxygen atoms in total. The largest absolute Gasteiger partial charge is 0.507 e. The van der Waals surface area contributed by atoms with Crippen molar-refractivity contribution < 1.29 is 24.2 Å². The predicted octanol–water partition coefficient (Wildman–Crippen LogP) is 5.77. The number of benzene rings is 3. The van der Waals surface area contributed by atoms with Gasteiger partial charge >= 0.3 is 0 Å². The molecule has 2 aliphatic heterocycles. The van der Waals surface area contributed by atoms with Crippen LogP contribution in [0, 0.1) is 6.92 Å². The number of aryl methyl sites for hydroxylation is 1. The third-order valence-electron chi connectivity index (χ3n) is 5.71. The molecular weight excluding hydrogens is 510 g/mol. The maximum atomic E-state index is 13.3. The van der Waals surface area contributed by atoms with Crippen LogP contribution >= 0.6 is 27.5 Å². The van der Waals surface area contributed by atoms with Gasteiger partial charge in [-0.15, -0.1) is 0 Å². The van der Waals surface area contributed by atoms with Gasteiger partial charge in [-0.25, -0.2) is 0 Å². The van der Waals surface area contributed by atoms with E-state index >= 15 is 0 Å². The second kappa shape index (κ2) is 8.24. The zero-order valence-corrected chi connectivity index (χ0v) is 19.7. The Morgan fingerprint density at radius 2 is 1.76 bits per heavy atom. The first-order chi connectivity index (χ1) is 15.8. The number of ether oxygens (including phenoxy) is 2. The minimum Gasteiger partial charge on any atom is -0.507 e. The molecule has 1 unspecified atom stereocenters. The number of fused-ring (bicyclic) bond motifs is 1. The van der Waals surface area contributed by atoms with Crippen LogP contribution in [-0.2, 0) is 9.59 Å². The fourth-order valence-corrected chi connectivity index (χ4v) is 4.49. The van der Waals surface area contributed by atoms with E-state index in [-0.39, 0.29) is 18.1 Å². The number of amides is 1. The van der Waals surface area contributed by atoms with Gasteiger partial charge in [-0.05, 0) is 66.6 Å². The number of carbonyl (C=O) groups is 2. The molecule has 0 aromatic heterocycles. The van der Waals surface area contributed by atoms with E-state index in [1.807, 2.05) is 13.0 Å². The zero-order chi connectivity index (χ0) is 23.3. The van der Waals surface area contributed by atoms with Crippen molar-refractivity contribution in [3.63, 3.8) is 0 Å². The summed E-state index contributed by atoms with van der Waals surface area (Å²) in [5.41, 5.74) is 2.47. The maximum Gasteiger partial charge on any atom is 0.300 e. The molecule has 5 rings (SSSR count). The SMILES string of the molecule is Cc1ccc(N2C(=O)C(=O)/C(=C(/O)c3ccc(Cl)cc3)C2c2ccc3c(c2)OCO3)cc1Br. The van der Waals surface area contributed by atoms with Crippen LogP contribution in [-0.4, -0.2) is 23.6 Å². The van der Waals surface area contributed by atoms with Crippen LogP contribution in [0.1, 0.15) is 22.7 Å². The fraction of sp³-hybridized carbons (Fsp3) is 0.120. The standard InChI is InChI=1S/C25H17BrClNO5/c1-13-2-8-17(11-18(13)26)28-22(15-5-9-19-20(10-15)33-12-32-19)21(24(30)25(28)31)23(29)14-3-6-16(27)7-4-14/h2-11,22,29H,12H2,1H3/b23-21+. The summed E-state index contributed by atoms with van der Waals surface area (Å²) >= 11 is 9.48. The molecule has 8 heteroatoms. The van der Waals surface area contributed by atoms with Crippen LogP contribution < -0.4 is 14.4 Å². The van der Waals surface area contributed by atoms with Crippen LogP contribution in [0.3, 0.4) is 0 Å². The van der Waals surface area contributed by atoms with Gasteiger partial charge in [0.15, 0.2) is 11.5 Å². The molecule has 1 atom stereocenters. The molecule has 0 saturated carbocycles. The van der Waals surface area contributed by atoms with Gasteiger partial charge in [0.2, 0.25) is 6.79 Å². The monoisotopic (exact) mass is 525 g/mol. The van der Waals surface area contributed by atoms with Gasteiger partial charge in [-0.1, -0.05) is 39.7 Å². The Balaban J connectivity index is 1.73. The number of nitrogens with zero attached hydrogens (tertiary/aromatic N) is 1. The second-order valence-corrected chi connectivity index (χ2v) is 9.01. The number of hydrogen-bond donors (Lipinski definition) is 1. The van der Waals surface area contributed by atoms with Crippen molar-refractivity contribution in [1.82, 2.24) is 0 Å². The lowest BCUT2D eigenvalue weighted by Gasteiger charge is -2.26. The fourth-order valence-electron chi connectivity index (χ4n) is 3.99. The van der Waals surface area contributed by atoms with Gasteiger partial charge in [0.25, 0.3) is 11.7 Å². The second-order valence-electron chi connectivity index (χ2n) is 7.72. The molecule has 166 valence electrons. The molecule has 2 aliphatic rings. The Morgan fingerprint density at radius 3 is 2.48 bits per heavy atom. The summed E-state index contributed by atoms with van der Waals surface area (Å²) in [5.74, 6) is -0.701. The Labute approximate surface area is 203 Å². The molecule has 2 heterocycles. The highest BCUT2D eigenvalue weighted by Gasteiger charge is 2.47. The summed E-state index contributed by atoms with van der Waals surface area (Å²) in [6.45, 7) is 2.02. The molecule has 0 bridgehead atoms. The maximum absolute atomic E-state index is 13.3. The van der Waals surface area contributed by atoms with Crippen LogP contribution in [0.15, 0.2) is 70.7 Å². The third kappa shape index (κ3) is 3.67. The Hall–Kier alpha value is -3.29. The molecule has 1 fully saturated rings. The van der Waals surface area contributed by atoms with Crippen molar-refractivity contribution in [2.45, 2.75) is 13.0 Å². The number of carbonyl (C=O) groups excluding carboxylic acids is 2. The minimum absolute atomic E-state index is 0.0158. The highest BCUT2D eigenvalue weighted by Crippen LogP contribution is 2.45. The van der Waals surface area contributed by atoms with Crippen molar-refractivity contribution in [2.75, 3.05) is 11.7 Å². The Kier molecular flexibility index (Phi) is 5.38. The molecule has 0 aliphatic carbocycles. The summed E-state index contributed by atoms with van der Waals surface area (Å²) in [4.78, 5) is 27.9. The first-order valence-corrected chi connectivity index (χ1v) is 11.2. The molecule has 0 radical (unpaired) electrons. The first kappa shape index (κ1) is 21.6. The summed E-state index contributed by atoms with van der Waals surface area (Å²) in [6, 6.07) is 16.2. The third-order valence-corrected chi connectivity index (χ3v) is 6.81. The quantitative estimate of drug-likeness (QED) is 0.267. The van der Waals surface area contributed by atoms with Crippen molar-refractivity contribution in [3.8, 4) is 11.5 Å². The van der Waals surface area contributed by atoms with E-state index in [9.17, 15) is 14.7 Å². The van der Waals surface area contributed by atoms with Gasteiger partial charge in [0, 0.05) is 20.7 Å². The highest BCUT2D eigenvalue weighted by atomic mass is 79.9. The van der Waals surface area contributed by atoms with Crippen molar-refractivity contribution >= 4 is 50.7 Å². The zero-order valence-electron chi connectivity index (χ0n) is 17.3. The first-order valence-electron chi connectivity index (χ1n) is 10.1. The van der Waals surface area contributed by atoms with Gasteiger partial charge in [-0.2, -0.15) is 0 Å². The molecule has 3 aromatic carbocycles. The van der Waals surface area contributed by atoms with Crippen LogP contribution in [0.4, 0.5) is 5.69 Å². The predicted molar refractivity (Wildman–Crippen MR) is 128 cm³/mol. The molecule has 3 aromatic rings. The lowest BCUT2D eigenvalue weighted by molar-refractivity contribution is -0.132. The minimum atomic E-state index is -0.871. The van der Waals surface area contributed by atoms with Crippen molar-refractivity contribution in [1.29, 1.82) is 0 Å². The van der Waals surface area contributed by atoms with Crippen molar-refractivity contribution in [2.24, 2.45) is 0 Å². The Bertz CT molecular complexity index is 1340. The number of aliphatic hydroxyl groups excluding tert-OH is 1. The molecule has 0 spiro atoms. The lowest BCUT2D eigenvalue weighted by Crippen LogP contribution is -2.29. The van der Waals surface area contributed by atoms with Gasteiger partial charge < -0.3 is 14.6 Å². The Morgan fingerprint density at radius 1 is 1.03 bits per heavy atom. The highest BCUT2D eigenvalue weighted by molar-refractivity contribution is 9.10.